The zero-order valence-corrected chi connectivity index (χ0v) is 14.6. The van der Waals surface area contributed by atoms with E-state index in [1.807, 2.05) is 11.8 Å². The lowest BCUT2D eigenvalue weighted by molar-refractivity contribution is -0.121. The van der Waals surface area contributed by atoms with Crippen molar-refractivity contribution in [1.29, 1.82) is 0 Å². The number of hydrogen-bond donors (Lipinski definition) is 2. The maximum Gasteiger partial charge on any atom is 0.321 e. The topological polar surface area (TPSA) is 61.4 Å². The molecule has 5 nitrogen and oxygen atoms in total. The molecule has 0 aromatic rings. The van der Waals surface area contributed by atoms with Crippen LogP contribution in [0.25, 0.3) is 0 Å². The molecule has 0 spiro atoms. The van der Waals surface area contributed by atoms with Gasteiger partial charge in [-0.2, -0.15) is 11.8 Å². The van der Waals surface area contributed by atoms with E-state index in [0.29, 0.717) is 17.7 Å². The molecule has 0 aromatic carbocycles. The molecule has 1 saturated heterocycles. The van der Waals surface area contributed by atoms with E-state index < -0.39 is 0 Å². The van der Waals surface area contributed by atoms with E-state index in [0.717, 1.165) is 44.5 Å². The lowest BCUT2D eigenvalue weighted by Gasteiger charge is -2.31. The first-order valence-electron chi connectivity index (χ1n) is 8.52. The zero-order chi connectivity index (χ0) is 15.9. The van der Waals surface area contributed by atoms with Gasteiger partial charge in [-0.1, -0.05) is 26.7 Å². The minimum absolute atomic E-state index is 0.192. The van der Waals surface area contributed by atoms with Gasteiger partial charge in [0, 0.05) is 30.1 Å². The van der Waals surface area contributed by atoms with Crippen molar-refractivity contribution in [2.75, 3.05) is 25.4 Å². The molecule has 2 aliphatic rings. The lowest BCUT2D eigenvalue weighted by Crippen LogP contribution is -2.51. The van der Waals surface area contributed by atoms with Crippen molar-refractivity contribution in [2.24, 2.45) is 5.92 Å². The van der Waals surface area contributed by atoms with E-state index in [9.17, 15) is 9.59 Å². The van der Waals surface area contributed by atoms with E-state index in [-0.39, 0.29) is 18.0 Å². The maximum absolute atomic E-state index is 12.0. The minimum Gasteiger partial charge on any atom is -0.335 e. The predicted molar refractivity (Wildman–Crippen MR) is 91.1 cm³/mol. The normalized spacial score (nSPS) is 29.8. The highest BCUT2D eigenvalue weighted by Gasteiger charge is 2.24. The smallest absolute Gasteiger partial charge is 0.321 e. The number of rotatable bonds is 4. The van der Waals surface area contributed by atoms with Crippen molar-refractivity contribution in [3.8, 4) is 0 Å². The van der Waals surface area contributed by atoms with Crippen LogP contribution in [0.4, 0.5) is 4.79 Å². The van der Waals surface area contributed by atoms with Crippen molar-refractivity contribution in [1.82, 2.24) is 15.5 Å². The molecule has 1 heterocycles. The molecule has 1 aliphatic carbocycles. The summed E-state index contributed by atoms with van der Waals surface area (Å²) in [6, 6.07) is -0.125. The van der Waals surface area contributed by atoms with Gasteiger partial charge in [-0.05, 0) is 25.2 Å². The Hall–Kier alpha value is -0.750. The van der Waals surface area contributed by atoms with E-state index in [1.54, 1.807) is 0 Å². The van der Waals surface area contributed by atoms with Crippen molar-refractivity contribution < 1.29 is 9.59 Å². The van der Waals surface area contributed by atoms with Gasteiger partial charge >= 0.3 is 6.03 Å². The number of thioether (sulfide) groups is 1. The molecule has 3 atom stereocenters. The van der Waals surface area contributed by atoms with Gasteiger partial charge in [0.05, 0.1) is 6.54 Å². The molecule has 6 heteroatoms. The van der Waals surface area contributed by atoms with Gasteiger partial charge in [0.2, 0.25) is 5.91 Å². The van der Waals surface area contributed by atoms with Gasteiger partial charge in [0.1, 0.15) is 0 Å². The summed E-state index contributed by atoms with van der Waals surface area (Å²) in [7, 11) is 0. The Balaban J connectivity index is 1.70. The van der Waals surface area contributed by atoms with Crippen LogP contribution in [0.1, 0.15) is 46.0 Å². The van der Waals surface area contributed by atoms with E-state index >= 15 is 0 Å². The third kappa shape index (κ3) is 5.47. The second-order valence-electron chi connectivity index (χ2n) is 6.53. The second kappa shape index (κ2) is 8.77. The highest BCUT2D eigenvalue weighted by atomic mass is 32.2. The molecule has 2 N–H and O–H groups in total. The fraction of sp³-hybridized carbons (Fsp3) is 0.875. The Morgan fingerprint density at radius 3 is 2.77 bits per heavy atom. The third-order valence-electron chi connectivity index (χ3n) is 4.73. The fourth-order valence-corrected chi connectivity index (χ4v) is 4.52. The van der Waals surface area contributed by atoms with Gasteiger partial charge in [0.25, 0.3) is 0 Å². The Bertz CT molecular complexity index is 392. The molecular formula is C16H29N3O2S. The second-order valence-corrected chi connectivity index (χ2v) is 7.93. The quantitative estimate of drug-likeness (QED) is 0.831. The van der Waals surface area contributed by atoms with Gasteiger partial charge < -0.3 is 5.32 Å². The molecule has 1 aliphatic heterocycles. The summed E-state index contributed by atoms with van der Waals surface area (Å²) in [4.78, 5) is 26.1. The third-order valence-corrected chi connectivity index (χ3v) is 6.10. The molecule has 0 unspecified atom stereocenters. The fourth-order valence-electron chi connectivity index (χ4n) is 3.28. The monoisotopic (exact) mass is 327 g/mol. The molecule has 2 fully saturated rings. The molecule has 1 saturated carbocycles. The Morgan fingerprint density at radius 2 is 2.05 bits per heavy atom. The van der Waals surface area contributed by atoms with Crippen molar-refractivity contribution >= 4 is 23.7 Å². The average Bonchev–Trinajstić information content (AvgIpc) is 2.49. The van der Waals surface area contributed by atoms with Crippen molar-refractivity contribution in [3.05, 3.63) is 0 Å². The Morgan fingerprint density at radius 1 is 1.27 bits per heavy atom. The number of carbonyl (C=O) groups excluding carboxylic acids is 2. The highest BCUT2D eigenvalue weighted by Crippen LogP contribution is 2.23. The van der Waals surface area contributed by atoms with Crippen LogP contribution >= 0.6 is 11.8 Å². The van der Waals surface area contributed by atoms with E-state index in [4.69, 9.17) is 0 Å². The average molecular weight is 327 g/mol. The van der Waals surface area contributed by atoms with Crippen LogP contribution in [0.15, 0.2) is 0 Å². The minimum atomic E-state index is -0.331. The van der Waals surface area contributed by atoms with Crippen LogP contribution in [-0.4, -0.2) is 53.5 Å². The number of carbonyl (C=O) groups is 2. The van der Waals surface area contributed by atoms with Gasteiger partial charge in [-0.15, -0.1) is 0 Å². The number of nitrogens with one attached hydrogen (secondary N) is 2. The highest BCUT2D eigenvalue weighted by molar-refractivity contribution is 8.00. The summed E-state index contributed by atoms with van der Waals surface area (Å²) in [6.07, 6.45) is 5.70. The lowest BCUT2D eigenvalue weighted by atomic mass is 9.86. The molecule has 0 radical (unpaired) electrons. The van der Waals surface area contributed by atoms with Gasteiger partial charge in [-0.25, -0.2) is 4.79 Å². The van der Waals surface area contributed by atoms with E-state index in [1.165, 1.54) is 6.42 Å². The van der Waals surface area contributed by atoms with Crippen molar-refractivity contribution in [2.45, 2.75) is 57.2 Å². The molecule has 2 rings (SSSR count). The van der Waals surface area contributed by atoms with E-state index in [2.05, 4.69) is 29.4 Å². The number of imide groups is 1. The van der Waals surface area contributed by atoms with Crippen LogP contribution in [0, 0.1) is 5.92 Å². The number of hydrogen-bond acceptors (Lipinski definition) is 4. The summed E-state index contributed by atoms with van der Waals surface area (Å²) >= 11 is 1.98. The maximum atomic E-state index is 12.0. The largest absolute Gasteiger partial charge is 0.335 e. The standard InChI is InChI=1S/C16H29N3O2S/c1-3-13-10-19(8-9-22-13)11-15(20)18-16(21)17-14-7-5-4-6-12(14)2/h12-14H,3-11H2,1-2H3,(H2,17,18,20,21)/t12-,13-,14+/m1/s1. The SMILES string of the molecule is CC[C@@H]1CN(CC(=O)NC(=O)N[C@H]2CCCC[C@H]2C)CCS1. The van der Waals surface area contributed by atoms with Crippen LogP contribution < -0.4 is 10.6 Å². The summed E-state index contributed by atoms with van der Waals surface area (Å²) < 4.78 is 0. The molecule has 22 heavy (non-hydrogen) atoms. The summed E-state index contributed by atoms with van der Waals surface area (Å²) in [5.74, 6) is 1.37. The number of amides is 3. The first-order chi connectivity index (χ1) is 10.6. The summed E-state index contributed by atoms with van der Waals surface area (Å²) in [6.45, 7) is 6.54. The summed E-state index contributed by atoms with van der Waals surface area (Å²) in [5.41, 5.74) is 0. The number of urea groups is 1. The predicted octanol–water partition coefficient (Wildman–Crippen LogP) is 2.22. The molecule has 3 amide bonds. The first-order valence-corrected chi connectivity index (χ1v) is 9.57. The first kappa shape index (κ1) is 17.6. The number of nitrogens with zero attached hydrogens (tertiary/aromatic N) is 1. The van der Waals surface area contributed by atoms with Gasteiger partial charge in [0.15, 0.2) is 0 Å². The molecular weight excluding hydrogens is 298 g/mol. The molecule has 126 valence electrons. The van der Waals surface area contributed by atoms with Crippen LogP contribution in [0.5, 0.6) is 0 Å². The van der Waals surface area contributed by atoms with Crippen LogP contribution in [-0.2, 0) is 4.79 Å². The van der Waals surface area contributed by atoms with Gasteiger partial charge in [-0.3, -0.25) is 15.0 Å². The molecule has 0 aromatic heterocycles. The van der Waals surface area contributed by atoms with Crippen LogP contribution in [0.2, 0.25) is 0 Å². The Labute approximate surface area is 138 Å². The zero-order valence-electron chi connectivity index (χ0n) is 13.8. The van der Waals surface area contributed by atoms with Crippen LogP contribution in [0.3, 0.4) is 0 Å². The molecule has 0 bridgehead atoms. The summed E-state index contributed by atoms with van der Waals surface area (Å²) in [5, 5.41) is 6.06. The van der Waals surface area contributed by atoms with Crippen molar-refractivity contribution in [3.63, 3.8) is 0 Å². The Kier molecular flexibility index (Phi) is 7.02.